The van der Waals surface area contributed by atoms with Gasteiger partial charge in [0.05, 0.1) is 39.7 Å². The number of hydrazone groups is 1. The summed E-state index contributed by atoms with van der Waals surface area (Å²) in [5, 5.41) is 6.07. The van der Waals surface area contributed by atoms with Crippen LogP contribution in [0.4, 0.5) is 5.69 Å². The van der Waals surface area contributed by atoms with Gasteiger partial charge in [0.25, 0.3) is 5.91 Å². The van der Waals surface area contributed by atoms with Crippen LogP contribution in [0.25, 0.3) is 6.08 Å². The van der Waals surface area contributed by atoms with Gasteiger partial charge in [-0.15, -0.1) is 0 Å². The number of carbonyl (C=O) groups is 1. The van der Waals surface area contributed by atoms with Crippen LogP contribution >= 0.6 is 0 Å². The highest BCUT2D eigenvalue weighted by Gasteiger charge is 2.32. The number of benzene rings is 3. The molecule has 168 valence electrons. The van der Waals surface area contributed by atoms with Gasteiger partial charge in [-0.25, -0.2) is 0 Å². The SMILES string of the molecule is COc1ccc(C2=NN(c3ccccc3)C(=O)C2=Cc2cc(OC)c(OC)cc2OC)cc1. The first-order valence-electron chi connectivity index (χ1n) is 10.2. The first-order valence-corrected chi connectivity index (χ1v) is 10.2. The smallest absolute Gasteiger partial charge is 0.281 e. The molecule has 0 N–H and O–H groups in total. The van der Waals surface area contributed by atoms with Gasteiger partial charge in [0, 0.05) is 17.2 Å². The third-order valence-electron chi connectivity index (χ3n) is 5.28. The molecule has 33 heavy (non-hydrogen) atoms. The summed E-state index contributed by atoms with van der Waals surface area (Å²) in [5.41, 5.74) is 3.09. The number of carbonyl (C=O) groups excluding carboxylic acids is 1. The van der Waals surface area contributed by atoms with Crippen molar-refractivity contribution in [2.45, 2.75) is 0 Å². The van der Waals surface area contributed by atoms with Crippen LogP contribution < -0.4 is 24.0 Å². The van der Waals surface area contributed by atoms with E-state index >= 15 is 0 Å². The number of amides is 1. The molecule has 0 saturated heterocycles. The van der Waals surface area contributed by atoms with E-state index in [4.69, 9.17) is 18.9 Å². The van der Waals surface area contributed by atoms with E-state index in [0.717, 1.165) is 11.3 Å². The molecule has 0 bridgehead atoms. The fraction of sp³-hybridized carbons (Fsp3) is 0.154. The molecule has 3 aromatic carbocycles. The Morgan fingerprint density at radius 3 is 2.00 bits per heavy atom. The molecule has 1 heterocycles. The summed E-state index contributed by atoms with van der Waals surface area (Å²) in [6, 6.07) is 20.2. The fourth-order valence-corrected chi connectivity index (χ4v) is 3.57. The number of hydrogen-bond acceptors (Lipinski definition) is 6. The standard InChI is InChI=1S/C26H24N2O5/c1-30-20-12-10-17(11-13-20)25-21(26(29)28(27-25)19-8-6-5-7-9-19)14-18-15-23(32-3)24(33-4)16-22(18)31-2/h5-16H,1-4H3. The highest BCUT2D eigenvalue weighted by atomic mass is 16.5. The number of rotatable bonds is 7. The minimum absolute atomic E-state index is 0.246. The van der Waals surface area contributed by atoms with Crippen molar-refractivity contribution in [1.82, 2.24) is 0 Å². The quantitative estimate of drug-likeness (QED) is 0.500. The molecular weight excluding hydrogens is 420 g/mol. The first kappa shape index (κ1) is 22.0. The molecule has 0 aromatic heterocycles. The van der Waals surface area contributed by atoms with Crippen molar-refractivity contribution in [3.05, 3.63) is 83.4 Å². The third kappa shape index (κ3) is 4.25. The van der Waals surface area contributed by atoms with E-state index < -0.39 is 0 Å². The van der Waals surface area contributed by atoms with Crippen molar-refractivity contribution in [3.8, 4) is 23.0 Å². The van der Waals surface area contributed by atoms with E-state index in [1.54, 1.807) is 46.6 Å². The Kier molecular flexibility index (Phi) is 6.31. The van der Waals surface area contributed by atoms with Crippen LogP contribution in [0.2, 0.25) is 0 Å². The normalized spacial score (nSPS) is 14.3. The highest BCUT2D eigenvalue weighted by Crippen LogP contribution is 2.37. The Bertz CT molecular complexity index is 1220. The van der Waals surface area contributed by atoms with Crippen molar-refractivity contribution in [3.63, 3.8) is 0 Å². The van der Waals surface area contributed by atoms with E-state index in [1.165, 1.54) is 5.01 Å². The van der Waals surface area contributed by atoms with Gasteiger partial charge >= 0.3 is 0 Å². The van der Waals surface area contributed by atoms with Crippen molar-refractivity contribution < 1.29 is 23.7 Å². The lowest BCUT2D eigenvalue weighted by Gasteiger charge is -2.13. The molecule has 0 radical (unpaired) electrons. The lowest BCUT2D eigenvalue weighted by atomic mass is 9.99. The number of methoxy groups -OCH3 is 4. The van der Waals surface area contributed by atoms with Gasteiger partial charge < -0.3 is 18.9 Å². The lowest BCUT2D eigenvalue weighted by molar-refractivity contribution is -0.114. The number of para-hydroxylation sites is 1. The van der Waals surface area contributed by atoms with Gasteiger partial charge in [0.15, 0.2) is 11.5 Å². The Hall–Kier alpha value is -4.26. The zero-order valence-corrected chi connectivity index (χ0v) is 18.9. The van der Waals surface area contributed by atoms with Gasteiger partial charge in [-0.3, -0.25) is 4.79 Å². The molecular formula is C26H24N2O5. The minimum Gasteiger partial charge on any atom is -0.497 e. The summed E-state index contributed by atoms with van der Waals surface area (Å²) >= 11 is 0. The first-order chi connectivity index (χ1) is 16.1. The molecule has 0 spiro atoms. The predicted molar refractivity (Wildman–Crippen MR) is 128 cm³/mol. The number of ether oxygens (including phenoxy) is 4. The molecule has 3 aromatic rings. The number of anilines is 1. The summed E-state index contributed by atoms with van der Waals surface area (Å²) in [5.74, 6) is 2.07. The van der Waals surface area contributed by atoms with Gasteiger partial charge in [-0.1, -0.05) is 18.2 Å². The van der Waals surface area contributed by atoms with Crippen molar-refractivity contribution in [1.29, 1.82) is 0 Å². The van der Waals surface area contributed by atoms with Gasteiger partial charge in [0.1, 0.15) is 17.2 Å². The van der Waals surface area contributed by atoms with Crippen LogP contribution in [0.5, 0.6) is 23.0 Å². The Morgan fingerprint density at radius 2 is 1.39 bits per heavy atom. The van der Waals surface area contributed by atoms with E-state index in [-0.39, 0.29) is 5.91 Å². The second-order valence-electron chi connectivity index (χ2n) is 7.14. The monoisotopic (exact) mass is 444 g/mol. The molecule has 1 aliphatic rings. The summed E-state index contributed by atoms with van der Waals surface area (Å²) in [4.78, 5) is 13.5. The van der Waals surface area contributed by atoms with Crippen molar-refractivity contribution >= 4 is 23.4 Å². The van der Waals surface area contributed by atoms with Crippen LogP contribution in [-0.4, -0.2) is 40.1 Å². The van der Waals surface area contributed by atoms with Crippen LogP contribution in [-0.2, 0) is 4.79 Å². The molecule has 7 nitrogen and oxygen atoms in total. The average Bonchev–Trinajstić information content (AvgIpc) is 3.20. The zero-order valence-electron chi connectivity index (χ0n) is 18.9. The summed E-state index contributed by atoms with van der Waals surface area (Å²) in [6.07, 6.45) is 1.76. The topological polar surface area (TPSA) is 69.6 Å². The fourth-order valence-electron chi connectivity index (χ4n) is 3.57. The van der Waals surface area contributed by atoms with E-state index in [9.17, 15) is 4.79 Å². The van der Waals surface area contributed by atoms with Crippen LogP contribution in [0.3, 0.4) is 0 Å². The van der Waals surface area contributed by atoms with E-state index in [2.05, 4.69) is 5.10 Å². The minimum atomic E-state index is -0.246. The Labute approximate surface area is 192 Å². The molecule has 0 saturated carbocycles. The predicted octanol–water partition coefficient (Wildman–Crippen LogP) is 4.56. The molecule has 1 aliphatic heterocycles. The molecule has 0 fully saturated rings. The average molecular weight is 444 g/mol. The summed E-state index contributed by atoms with van der Waals surface area (Å²) < 4.78 is 21.6. The molecule has 0 unspecified atom stereocenters. The molecule has 7 heteroatoms. The maximum atomic E-state index is 13.5. The highest BCUT2D eigenvalue weighted by molar-refractivity contribution is 6.37. The lowest BCUT2D eigenvalue weighted by Crippen LogP contribution is -2.21. The summed E-state index contributed by atoms with van der Waals surface area (Å²) in [6.45, 7) is 0. The number of nitrogens with zero attached hydrogens (tertiary/aromatic N) is 2. The molecule has 4 rings (SSSR count). The van der Waals surface area contributed by atoms with Crippen LogP contribution in [0.15, 0.2) is 77.4 Å². The van der Waals surface area contributed by atoms with E-state index in [1.807, 2.05) is 54.6 Å². The Balaban J connectivity index is 1.86. The van der Waals surface area contributed by atoms with Crippen LogP contribution in [0.1, 0.15) is 11.1 Å². The summed E-state index contributed by atoms with van der Waals surface area (Å²) in [7, 11) is 6.29. The zero-order chi connectivity index (χ0) is 23.4. The third-order valence-corrected chi connectivity index (χ3v) is 5.28. The van der Waals surface area contributed by atoms with Gasteiger partial charge in [-0.05, 0) is 48.5 Å². The van der Waals surface area contributed by atoms with Gasteiger partial charge in [-0.2, -0.15) is 10.1 Å². The maximum absolute atomic E-state index is 13.5. The van der Waals surface area contributed by atoms with E-state index in [0.29, 0.717) is 39.8 Å². The number of hydrogen-bond donors (Lipinski definition) is 0. The second-order valence-corrected chi connectivity index (χ2v) is 7.14. The molecule has 0 aliphatic carbocycles. The van der Waals surface area contributed by atoms with Crippen LogP contribution in [0, 0.1) is 0 Å². The molecule has 1 amide bonds. The maximum Gasteiger partial charge on any atom is 0.281 e. The Morgan fingerprint density at radius 1 is 0.758 bits per heavy atom. The largest absolute Gasteiger partial charge is 0.497 e. The van der Waals surface area contributed by atoms with Gasteiger partial charge in [0.2, 0.25) is 0 Å². The van der Waals surface area contributed by atoms with Crippen molar-refractivity contribution in [2.24, 2.45) is 5.10 Å². The molecule has 0 atom stereocenters. The second kappa shape index (κ2) is 9.48. The van der Waals surface area contributed by atoms with Crippen molar-refractivity contribution in [2.75, 3.05) is 33.4 Å².